The van der Waals surface area contributed by atoms with Gasteiger partial charge >= 0.3 is 5.97 Å². The van der Waals surface area contributed by atoms with Gasteiger partial charge in [0.15, 0.2) is 0 Å². The molecule has 8 heteroatoms. The van der Waals surface area contributed by atoms with E-state index in [-0.39, 0.29) is 12.2 Å². The third-order valence-corrected chi connectivity index (χ3v) is 4.84. The van der Waals surface area contributed by atoms with Crippen LogP contribution in [0.5, 0.6) is 17.4 Å². The van der Waals surface area contributed by atoms with E-state index in [4.69, 9.17) is 21.1 Å². The first kappa shape index (κ1) is 19.7. The fourth-order valence-corrected chi connectivity index (χ4v) is 3.28. The number of nitrogens with zero attached hydrogens (tertiary/aromatic N) is 3. The number of benzene rings is 2. The van der Waals surface area contributed by atoms with E-state index in [9.17, 15) is 9.90 Å². The van der Waals surface area contributed by atoms with Crippen LogP contribution in [0.1, 0.15) is 21.7 Å². The maximum atomic E-state index is 11.3. The van der Waals surface area contributed by atoms with Crippen LogP contribution in [-0.4, -0.2) is 25.6 Å². The molecule has 0 atom stereocenters. The fourth-order valence-electron chi connectivity index (χ4n) is 3.07. The van der Waals surface area contributed by atoms with Crippen molar-refractivity contribution in [2.45, 2.75) is 13.5 Å². The number of fused-ring (bicyclic) bond motifs is 1. The van der Waals surface area contributed by atoms with Crippen LogP contribution in [-0.2, 0) is 13.7 Å². The lowest BCUT2D eigenvalue weighted by atomic mass is 10.2. The molecule has 4 aromatic rings. The largest absolute Gasteiger partial charge is 0.485 e. The van der Waals surface area contributed by atoms with E-state index in [1.54, 1.807) is 24.3 Å². The van der Waals surface area contributed by atoms with E-state index in [0.29, 0.717) is 28.2 Å². The van der Waals surface area contributed by atoms with Gasteiger partial charge in [-0.05, 0) is 37.3 Å². The highest BCUT2D eigenvalue weighted by Crippen LogP contribution is 2.28. The molecule has 152 valence electrons. The van der Waals surface area contributed by atoms with Gasteiger partial charge in [-0.1, -0.05) is 23.7 Å². The molecular weight excluding hydrogens is 406 g/mol. The Morgan fingerprint density at radius 2 is 2.00 bits per heavy atom. The summed E-state index contributed by atoms with van der Waals surface area (Å²) in [6, 6.07) is 13.8. The number of rotatable bonds is 6. The average Bonchev–Trinajstić information content (AvgIpc) is 3.04. The number of halogens is 1. The van der Waals surface area contributed by atoms with Crippen molar-refractivity contribution >= 4 is 28.6 Å². The van der Waals surface area contributed by atoms with Crippen LogP contribution in [0.4, 0.5) is 0 Å². The molecule has 0 fully saturated rings. The summed E-state index contributed by atoms with van der Waals surface area (Å²) in [6.07, 6.45) is 1.54. The summed E-state index contributed by atoms with van der Waals surface area (Å²) in [5.74, 6) is 1.01. The first-order valence-corrected chi connectivity index (χ1v) is 9.50. The highest BCUT2D eigenvalue weighted by atomic mass is 35.5. The predicted molar refractivity (Wildman–Crippen MR) is 113 cm³/mol. The van der Waals surface area contributed by atoms with Gasteiger partial charge in [0.05, 0.1) is 16.1 Å². The van der Waals surface area contributed by atoms with Crippen LogP contribution in [0.3, 0.4) is 0 Å². The lowest BCUT2D eigenvalue weighted by Gasteiger charge is -2.09. The van der Waals surface area contributed by atoms with Crippen molar-refractivity contribution in [1.82, 2.24) is 14.5 Å². The second-order valence-corrected chi connectivity index (χ2v) is 7.14. The molecule has 0 saturated carbocycles. The molecule has 0 amide bonds. The van der Waals surface area contributed by atoms with Crippen molar-refractivity contribution in [2.75, 3.05) is 0 Å². The van der Waals surface area contributed by atoms with Crippen LogP contribution in [0, 0.1) is 6.92 Å². The van der Waals surface area contributed by atoms with Crippen molar-refractivity contribution in [3.63, 3.8) is 0 Å². The smallest absolute Gasteiger partial charge is 0.339 e. The van der Waals surface area contributed by atoms with E-state index in [1.165, 1.54) is 12.3 Å². The summed E-state index contributed by atoms with van der Waals surface area (Å²) in [6.45, 7) is 2.00. The molecule has 0 radical (unpaired) electrons. The lowest BCUT2D eigenvalue weighted by molar-refractivity contribution is 0.0691. The number of aryl methyl sites for hydroxylation is 2. The molecule has 7 nitrogen and oxygen atoms in total. The zero-order valence-electron chi connectivity index (χ0n) is 16.3. The number of imidazole rings is 1. The molecule has 0 saturated heterocycles. The fraction of sp³-hybridized carbons (Fsp3) is 0.136. The molecule has 30 heavy (non-hydrogen) atoms. The Morgan fingerprint density at radius 3 is 2.77 bits per heavy atom. The summed E-state index contributed by atoms with van der Waals surface area (Å²) in [5.41, 5.74) is 2.57. The van der Waals surface area contributed by atoms with E-state index >= 15 is 0 Å². The normalized spacial score (nSPS) is 10.9. The van der Waals surface area contributed by atoms with Crippen LogP contribution in [0.25, 0.3) is 11.0 Å². The minimum atomic E-state index is -1.04. The molecule has 2 aromatic heterocycles. The van der Waals surface area contributed by atoms with Crippen LogP contribution >= 0.6 is 11.6 Å². The van der Waals surface area contributed by atoms with Crippen molar-refractivity contribution in [3.8, 4) is 17.4 Å². The number of hydrogen-bond acceptors (Lipinski definition) is 5. The van der Waals surface area contributed by atoms with E-state index < -0.39 is 5.97 Å². The highest BCUT2D eigenvalue weighted by Gasteiger charge is 2.14. The molecule has 0 aliphatic rings. The molecule has 2 heterocycles. The molecule has 0 bridgehead atoms. The van der Waals surface area contributed by atoms with Crippen molar-refractivity contribution < 1.29 is 19.4 Å². The van der Waals surface area contributed by atoms with Crippen molar-refractivity contribution in [1.29, 1.82) is 0 Å². The number of carboxylic acid groups (broad SMARTS) is 1. The standard InChI is InChI=1S/C22H18ClN3O4/c1-13-9-14(23)11-24-21(13)30-15-7-8-17-18(10-15)26(2)20(25-17)12-29-19-6-4-3-5-16(19)22(27)28/h3-11H,12H2,1-2H3,(H,27,28). The SMILES string of the molecule is Cc1cc(Cl)cnc1Oc1ccc2nc(COc3ccccc3C(=O)O)n(C)c2c1. The third kappa shape index (κ3) is 3.92. The van der Waals surface area contributed by atoms with E-state index in [0.717, 1.165) is 16.6 Å². The Bertz CT molecular complexity index is 1250. The zero-order chi connectivity index (χ0) is 21.3. The molecule has 4 rings (SSSR count). The average molecular weight is 424 g/mol. The summed E-state index contributed by atoms with van der Waals surface area (Å²) in [5, 5.41) is 9.84. The maximum absolute atomic E-state index is 11.3. The summed E-state index contributed by atoms with van der Waals surface area (Å²) in [7, 11) is 1.87. The summed E-state index contributed by atoms with van der Waals surface area (Å²) < 4.78 is 13.5. The Balaban J connectivity index is 1.58. The van der Waals surface area contributed by atoms with Crippen molar-refractivity contribution in [2.24, 2.45) is 7.05 Å². The lowest BCUT2D eigenvalue weighted by Crippen LogP contribution is -2.06. The first-order chi connectivity index (χ1) is 14.4. The van der Waals surface area contributed by atoms with Gasteiger partial charge in [0.25, 0.3) is 0 Å². The van der Waals surface area contributed by atoms with Crippen LogP contribution < -0.4 is 9.47 Å². The van der Waals surface area contributed by atoms with Gasteiger partial charge in [-0.25, -0.2) is 14.8 Å². The molecule has 2 aromatic carbocycles. The van der Waals surface area contributed by atoms with Gasteiger partial charge in [0.1, 0.15) is 29.5 Å². The van der Waals surface area contributed by atoms with Gasteiger partial charge < -0.3 is 19.1 Å². The third-order valence-electron chi connectivity index (χ3n) is 4.63. The van der Waals surface area contributed by atoms with Crippen LogP contribution in [0.15, 0.2) is 54.7 Å². The maximum Gasteiger partial charge on any atom is 0.339 e. The second kappa shape index (κ2) is 8.04. The summed E-state index contributed by atoms with van der Waals surface area (Å²) in [4.78, 5) is 20.1. The second-order valence-electron chi connectivity index (χ2n) is 6.71. The van der Waals surface area contributed by atoms with Gasteiger partial charge in [0, 0.05) is 24.9 Å². The minimum absolute atomic E-state index is 0.109. The quantitative estimate of drug-likeness (QED) is 0.469. The van der Waals surface area contributed by atoms with Crippen LogP contribution in [0.2, 0.25) is 5.02 Å². The molecular formula is C22H18ClN3O4. The Labute approximate surface area is 177 Å². The topological polar surface area (TPSA) is 86.5 Å². The van der Waals surface area contributed by atoms with Gasteiger partial charge in [-0.2, -0.15) is 0 Å². The Kier molecular flexibility index (Phi) is 5.29. The predicted octanol–water partition coefficient (Wildman–Crippen LogP) is 5.00. The number of aromatic nitrogens is 3. The van der Waals surface area contributed by atoms with E-state index in [2.05, 4.69) is 9.97 Å². The zero-order valence-corrected chi connectivity index (χ0v) is 17.1. The Hall–Kier alpha value is -3.58. The number of carboxylic acids is 1. The molecule has 0 aliphatic carbocycles. The molecule has 0 aliphatic heterocycles. The van der Waals surface area contributed by atoms with Gasteiger partial charge in [0.2, 0.25) is 5.88 Å². The highest BCUT2D eigenvalue weighted by molar-refractivity contribution is 6.30. The number of pyridine rings is 1. The van der Waals surface area contributed by atoms with Crippen molar-refractivity contribution in [3.05, 3.63) is 76.7 Å². The number of carbonyl (C=O) groups is 1. The molecule has 1 N–H and O–H groups in total. The monoisotopic (exact) mass is 423 g/mol. The van der Waals surface area contributed by atoms with E-state index in [1.807, 2.05) is 36.7 Å². The minimum Gasteiger partial charge on any atom is -0.485 e. The van der Waals surface area contributed by atoms with Gasteiger partial charge in [-0.15, -0.1) is 0 Å². The number of para-hydroxylation sites is 1. The van der Waals surface area contributed by atoms with Gasteiger partial charge in [-0.3, -0.25) is 0 Å². The number of ether oxygens (including phenoxy) is 2. The number of aromatic carboxylic acids is 1. The first-order valence-electron chi connectivity index (χ1n) is 9.13. The number of hydrogen-bond donors (Lipinski definition) is 1. The summed E-state index contributed by atoms with van der Waals surface area (Å²) >= 11 is 5.95. The Morgan fingerprint density at radius 1 is 1.20 bits per heavy atom. The molecule has 0 spiro atoms. The molecule has 0 unspecified atom stereocenters.